The third-order valence-corrected chi connectivity index (χ3v) is 5.14. The number of aliphatic imine (C=N–C) groups is 1. The van der Waals surface area contributed by atoms with Crippen molar-refractivity contribution in [2.75, 3.05) is 13.1 Å². The summed E-state index contributed by atoms with van der Waals surface area (Å²) < 4.78 is 5.30. The van der Waals surface area contributed by atoms with Gasteiger partial charge in [-0.2, -0.15) is 0 Å². The molecule has 0 bridgehead atoms. The zero-order valence-corrected chi connectivity index (χ0v) is 19.0. The first-order valence-corrected chi connectivity index (χ1v) is 9.62. The third kappa shape index (κ3) is 5.46. The number of hydrogen-bond donors (Lipinski definition) is 2. The van der Waals surface area contributed by atoms with Crippen molar-refractivity contribution in [1.29, 1.82) is 0 Å². The highest BCUT2D eigenvalue weighted by Crippen LogP contribution is 2.23. The average Bonchev–Trinajstić information content (AvgIpc) is 2.98. The highest BCUT2D eigenvalue weighted by atomic mass is 127. The summed E-state index contributed by atoms with van der Waals surface area (Å²) in [4.78, 5) is 4.83. The number of hydrogen-bond acceptors (Lipinski definition) is 3. The Morgan fingerprint density at radius 2 is 2.04 bits per heavy atom. The zero-order chi connectivity index (χ0) is 18.5. The first-order chi connectivity index (χ1) is 12.6. The average molecular weight is 482 g/mol. The van der Waals surface area contributed by atoms with Crippen LogP contribution in [0.2, 0.25) is 0 Å². The second kappa shape index (κ2) is 10.1. The minimum Gasteiger partial charge on any atom is -0.361 e. The molecule has 1 aromatic heterocycles. The summed E-state index contributed by atoms with van der Waals surface area (Å²) >= 11 is 0. The highest BCUT2D eigenvalue weighted by molar-refractivity contribution is 14.0. The number of aryl methyl sites for hydroxylation is 3. The van der Waals surface area contributed by atoms with E-state index in [4.69, 9.17) is 9.52 Å². The predicted molar refractivity (Wildman–Crippen MR) is 121 cm³/mol. The lowest BCUT2D eigenvalue weighted by atomic mass is 9.88. The van der Waals surface area contributed by atoms with Crippen molar-refractivity contribution < 1.29 is 4.52 Å². The first-order valence-electron chi connectivity index (χ1n) is 9.62. The van der Waals surface area contributed by atoms with Gasteiger partial charge in [-0.15, -0.1) is 24.0 Å². The van der Waals surface area contributed by atoms with Gasteiger partial charge in [0.2, 0.25) is 0 Å². The summed E-state index contributed by atoms with van der Waals surface area (Å²) in [5.41, 5.74) is 5.08. The molecule has 0 saturated carbocycles. The minimum atomic E-state index is 0. The van der Waals surface area contributed by atoms with Crippen LogP contribution in [-0.4, -0.2) is 30.2 Å². The fourth-order valence-electron chi connectivity index (χ4n) is 3.85. The standard InChI is InChI=1S/C21H30N4O.HI/c1-5-22-21(23-13-14(2)20-15(3)25-26-16(20)4)24-19-11-10-17-8-6-7-9-18(17)12-19;/h6-9,14,19H,5,10-13H2,1-4H3,(H2,22,23,24);1H. The molecule has 2 N–H and O–H groups in total. The molecule has 1 aliphatic carbocycles. The van der Waals surface area contributed by atoms with Crippen LogP contribution in [0.4, 0.5) is 0 Å². The number of nitrogens with one attached hydrogen (secondary N) is 2. The Morgan fingerprint density at radius 3 is 2.70 bits per heavy atom. The van der Waals surface area contributed by atoms with Gasteiger partial charge in [0.05, 0.1) is 5.69 Å². The largest absolute Gasteiger partial charge is 0.361 e. The Balaban J connectivity index is 0.00000261. The van der Waals surface area contributed by atoms with E-state index < -0.39 is 0 Å². The maximum atomic E-state index is 5.30. The molecule has 2 atom stereocenters. The monoisotopic (exact) mass is 482 g/mol. The van der Waals surface area contributed by atoms with Gasteiger partial charge >= 0.3 is 0 Å². The molecular weight excluding hydrogens is 451 g/mol. The second-order valence-electron chi connectivity index (χ2n) is 7.21. The van der Waals surface area contributed by atoms with Crippen molar-refractivity contribution in [1.82, 2.24) is 15.8 Å². The molecule has 0 aliphatic heterocycles. The van der Waals surface area contributed by atoms with E-state index in [0.29, 0.717) is 12.6 Å². The van der Waals surface area contributed by atoms with Crippen LogP contribution < -0.4 is 10.6 Å². The molecule has 0 spiro atoms. The Labute approximate surface area is 179 Å². The molecule has 27 heavy (non-hydrogen) atoms. The Kier molecular flexibility index (Phi) is 8.13. The summed E-state index contributed by atoms with van der Waals surface area (Å²) in [6.45, 7) is 9.81. The highest BCUT2D eigenvalue weighted by Gasteiger charge is 2.20. The quantitative estimate of drug-likeness (QED) is 0.382. The minimum absolute atomic E-state index is 0. The number of halogens is 1. The van der Waals surface area contributed by atoms with Crippen LogP contribution in [0.25, 0.3) is 0 Å². The predicted octanol–water partition coefficient (Wildman–Crippen LogP) is 4.13. The number of guanidine groups is 1. The molecule has 148 valence electrons. The van der Waals surface area contributed by atoms with E-state index >= 15 is 0 Å². The van der Waals surface area contributed by atoms with Crippen molar-refractivity contribution in [3.63, 3.8) is 0 Å². The molecule has 0 amide bonds. The number of rotatable bonds is 5. The fraction of sp³-hybridized carbons (Fsp3) is 0.524. The van der Waals surface area contributed by atoms with E-state index in [0.717, 1.165) is 43.2 Å². The van der Waals surface area contributed by atoms with Gasteiger partial charge < -0.3 is 15.2 Å². The van der Waals surface area contributed by atoms with Crippen molar-refractivity contribution in [2.24, 2.45) is 4.99 Å². The Bertz CT molecular complexity index is 752. The van der Waals surface area contributed by atoms with Crippen LogP contribution in [0, 0.1) is 13.8 Å². The van der Waals surface area contributed by atoms with Gasteiger partial charge in [-0.3, -0.25) is 4.99 Å². The van der Waals surface area contributed by atoms with Crippen molar-refractivity contribution in [3.05, 3.63) is 52.4 Å². The molecule has 0 saturated heterocycles. The summed E-state index contributed by atoms with van der Waals surface area (Å²) in [5.74, 6) is 2.08. The van der Waals surface area contributed by atoms with E-state index in [2.05, 4.69) is 53.9 Å². The number of aromatic nitrogens is 1. The zero-order valence-electron chi connectivity index (χ0n) is 16.7. The smallest absolute Gasteiger partial charge is 0.191 e. The van der Waals surface area contributed by atoms with E-state index in [1.54, 1.807) is 0 Å². The van der Waals surface area contributed by atoms with Gasteiger partial charge in [0, 0.05) is 30.6 Å². The van der Waals surface area contributed by atoms with Crippen molar-refractivity contribution in [3.8, 4) is 0 Å². The summed E-state index contributed by atoms with van der Waals surface area (Å²) in [6.07, 6.45) is 3.32. The Hall–Kier alpha value is -1.57. The normalized spacial score (nSPS) is 17.6. The lowest BCUT2D eigenvalue weighted by Crippen LogP contribution is -2.45. The van der Waals surface area contributed by atoms with Crippen LogP contribution in [0.3, 0.4) is 0 Å². The van der Waals surface area contributed by atoms with Crippen LogP contribution in [0.5, 0.6) is 0 Å². The van der Waals surface area contributed by atoms with Crippen molar-refractivity contribution in [2.45, 2.75) is 58.9 Å². The lowest BCUT2D eigenvalue weighted by Gasteiger charge is -2.27. The van der Waals surface area contributed by atoms with Crippen LogP contribution in [-0.2, 0) is 12.8 Å². The molecule has 1 heterocycles. The molecule has 6 heteroatoms. The molecule has 2 unspecified atom stereocenters. The van der Waals surface area contributed by atoms with Crippen LogP contribution >= 0.6 is 24.0 Å². The summed E-state index contributed by atoms with van der Waals surface area (Å²) in [7, 11) is 0. The van der Waals surface area contributed by atoms with Crippen LogP contribution in [0.1, 0.15) is 54.3 Å². The van der Waals surface area contributed by atoms with Gasteiger partial charge in [0.1, 0.15) is 5.76 Å². The van der Waals surface area contributed by atoms with Crippen molar-refractivity contribution >= 4 is 29.9 Å². The fourth-order valence-corrected chi connectivity index (χ4v) is 3.85. The number of nitrogens with zero attached hydrogens (tertiary/aromatic N) is 2. The molecule has 0 fully saturated rings. The van der Waals surface area contributed by atoms with Gasteiger partial charge in [0.15, 0.2) is 5.96 Å². The molecule has 5 nitrogen and oxygen atoms in total. The molecule has 2 aromatic rings. The molecule has 1 aliphatic rings. The van der Waals surface area contributed by atoms with E-state index in [9.17, 15) is 0 Å². The van der Waals surface area contributed by atoms with E-state index in [-0.39, 0.29) is 29.9 Å². The van der Waals surface area contributed by atoms with Gasteiger partial charge in [-0.25, -0.2) is 0 Å². The summed E-state index contributed by atoms with van der Waals surface area (Å²) in [6, 6.07) is 9.18. The molecule has 0 radical (unpaired) electrons. The van der Waals surface area contributed by atoms with E-state index in [1.165, 1.54) is 16.7 Å². The molecule has 1 aromatic carbocycles. The number of fused-ring (bicyclic) bond motifs is 1. The van der Waals surface area contributed by atoms with E-state index in [1.807, 2.05) is 13.8 Å². The molecule has 3 rings (SSSR count). The third-order valence-electron chi connectivity index (χ3n) is 5.14. The SMILES string of the molecule is CCNC(=NCC(C)c1c(C)noc1C)NC1CCc2ccccc2C1.I. The molecular formula is C21H31IN4O. The van der Waals surface area contributed by atoms with Gasteiger partial charge in [-0.1, -0.05) is 36.3 Å². The maximum absolute atomic E-state index is 5.30. The lowest BCUT2D eigenvalue weighted by molar-refractivity contribution is 0.391. The summed E-state index contributed by atoms with van der Waals surface area (Å²) in [5, 5.41) is 11.1. The Morgan fingerprint density at radius 1 is 1.30 bits per heavy atom. The van der Waals surface area contributed by atoms with Gasteiger partial charge in [-0.05, 0) is 51.2 Å². The second-order valence-corrected chi connectivity index (χ2v) is 7.21. The van der Waals surface area contributed by atoms with Crippen LogP contribution in [0.15, 0.2) is 33.8 Å². The topological polar surface area (TPSA) is 62.5 Å². The van der Waals surface area contributed by atoms with Gasteiger partial charge in [0.25, 0.3) is 0 Å². The maximum Gasteiger partial charge on any atom is 0.191 e. The number of benzene rings is 1. The first kappa shape index (κ1) is 21.7.